The van der Waals surface area contributed by atoms with Crippen molar-refractivity contribution in [1.29, 1.82) is 0 Å². The first-order valence-electron chi connectivity index (χ1n) is 4.26. The van der Waals surface area contributed by atoms with E-state index in [2.05, 4.69) is 10.1 Å². The van der Waals surface area contributed by atoms with Gasteiger partial charge in [-0.15, -0.1) is 0 Å². The van der Waals surface area contributed by atoms with Crippen molar-refractivity contribution in [3.8, 4) is 0 Å². The molecule has 0 heterocycles. The van der Waals surface area contributed by atoms with Crippen molar-refractivity contribution in [3.05, 3.63) is 29.8 Å². The van der Waals surface area contributed by atoms with Crippen molar-refractivity contribution in [2.45, 2.75) is 0 Å². The number of methoxy groups -OCH3 is 1. The van der Waals surface area contributed by atoms with Crippen molar-refractivity contribution >= 4 is 17.6 Å². The first-order valence-corrected chi connectivity index (χ1v) is 4.26. The Labute approximate surface area is 86.7 Å². The first-order chi connectivity index (χ1) is 7.17. The highest BCUT2D eigenvalue weighted by Gasteiger charge is 2.06. The average molecular weight is 209 g/mol. The number of aliphatic hydroxyl groups excluding tert-OH is 1. The number of aliphatic hydroxyl groups is 1. The second-order valence-corrected chi connectivity index (χ2v) is 2.78. The third kappa shape index (κ3) is 3.07. The van der Waals surface area contributed by atoms with Gasteiger partial charge >= 0.3 is 5.97 Å². The number of amides is 1. The summed E-state index contributed by atoms with van der Waals surface area (Å²) in [5, 5.41) is 10.9. The van der Waals surface area contributed by atoms with Gasteiger partial charge in [-0.1, -0.05) is 6.07 Å². The van der Waals surface area contributed by atoms with Crippen LogP contribution in [0.4, 0.5) is 5.69 Å². The molecule has 0 spiro atoms. The summed E-state index contributed by atoms with van der Waals surface area (Å²) >= 11 is 0. The van der Waals surface area contributed by atoms with Gasteiger partial charge in [-0.25, -0.2) is 4.79 Å². The van der Waals surface area contributed by atoms with Gasteiger partial charge in [0.25, 0.3) is 0 Å². The summed E-state index contributed by atoms with van der Waals surface area (Å²) in [5.74, 6) is -1.01. The van der Waals surface area contributed by atoms with Crippen LogP contribution in [0.25, 0.3) is 0 Å². The summed E-state index contributed by atoms with van der Waals surface area (Å²) in [6.45, 7) is -0.595. The van der Waals surface area contributed by atoms with E-state index in [-0.39, 0.29) is 0 Å². The van der Waals surface area contributed by atoms with E-state index in [1.54, 1.807) is 18.2 Å². The molecule has 0 atom stereocenters. The van der Waals surface area contributed by atoms with Gasteiger partial charge in [-0.05, 0) is 18.2 Å². The molecule has 1 aromatic rings. The molecule has 0 fully saturated rings. The number of carbonyl (C=O) groups is 2. The van der Waals surface area contributed by atoms with Crippen molar-refractivity contribution in [3.63, 3.8) is 0 Å². The third-order valence-electron chi connectivity index (χ3n) is 1.71. The molecule has 0 aliphatic rings. The maximum atomic E-state index is 11.1. The molecule has 0 aromatic heterocycles. The van der Waals surface area contributed by atoms with Gasteiger partial charge in [-0.2, -0.15) is 0 Å². The molecule has 0 saturated carbocycles. The molecule has 2 N–H and O–H groups in total. The lowest BCUT2D eigenvalue weighted by Crippen LogP contribution is -2.15. The van der Waals surface area contributed by atoms with E-state index in [4.69, 9.17) is 5.11 Å². The Kier molecular flexibility index (Phi) is 3.82. The van der Waals surface area contributed by atoms with E-state index in [1.807, 2.05) is 0 Å². The maximum Gasteiger partial charge on any atom is 0.337 e. The molecule has 0 aliphatic heterocycles. The molecule has 0 aliphatic carbocycles. The zero-order valence-corrected chi connectivity index (χ0v) is 8.19. The second kappa shape index (κ2) is 5.11. The van der Waals surface area contributed by atoms with Gasteiger partial charge < -0.3 is 15.2 Å². The Morgan fingerprint density at radius 1 is 1.47 bits per heavy atom. The minimum Gasteiger partial charge on any atom is -0.465 e. The monoisotopic (exact) mass is 209 g/mol. The molecule has 15 heavy (non-hydrogen) atoms. The molecule has 1 rings (SSSR count). The third-order valence-corrected chi connectivity index (χ3v) is 1.71. The largest absolute Gasteiger partial charge is 0.465 e. The number of benzene rings is 1. The zero-order valence-electron chi connectivity index (χ0n) is 8.19. The van der Waals surface area contributed by atoms with E-state index in [0.29, 0.717) is 11.3 Å². The molecule has 1 aromatic carbocycles. The van der Waals surface area contributed by atoms with E-state index >= 15 is 0 Å². The second-order valence-electron chi connectivity index (χ2n) is 2.78. The Hall–Kier alpha value is -1.88. The van der Waals surface area contributed by atoms with Gasteiger partial charge in [-0.3, -0.25) is 4.79 Å². The van der Waals surface area contributed by atoms with Crippen LogP contribution >= 0.6 is 0 Å². The minimum atomic E-state index is -0.595. The highest BCUT2D eigenvalue weighted by molar-refractivity contribution is 5.94. The Balaban J connectivity index is 2.83. The summed E-state index contributed by atoms with van der Waals surface area (Å²) < 4.78 is 4.52. The predicted octanol–water partition coefficient (Wildman–Crippen LogP) is 0.404. The summed E-state index contributed by atoms with van der Waals surface area (Å²) in [7, 11) is 1.28. The van der Waals surface area contributed by atoms with Crippen LogP contribution in [0.15, 0.2) is 24.3 Å². The predicted molar refractivity (Wildman–Crippen MR) is 53.5 cm³/mol. The van der Waals surface area contributed by atoms with Crippen molar-refractivity contribution in [2.24, 2.45) is 0 Å². The smallest absolute Gasteiger partial charge is 0.337 e. The first kappa shape index (κ1) is 11.2. The lowest BCUT2D eigenvalue weighted by molar-refractivity contribution is -0.118. The van der Waals surface area contributed by atoms with Gasteiger partial charge in [0.05, 0.1) is 12.7 Å². The molecule has 5 heteroatoms. The summed E-state index contributed by atoms with van der Waals surface area (Å²) in [6.07, 6.45) is 0. The van der Waals surface area contributed by atoms with E-state index in [1.165, 1.54) is 13.2 Å². The van der Waals surface area contributed by atoms with Crippen LogP contribution in [0.2, 0.25) is 0 Å². The normalized spacial score (nSPS) is 9.47. The lowest BCUT2D eigenvalue weighted by atomic mass is 10.2. The molecule has 80 valence electrons. The fraction of sp³-hybridized carbons (Fsp3) is 0.200. The number of rotatable bonds is 3. The van der Waals surface area contributed by atoms with Crippen LogP contribution in [0.1, 0.15) is 10.4 Å². The van der Waals surface area contributed by atoms with Crippen LogP contribution in [-0.2, 0) is 9.53 Å². The van der Waals surface area contributed by atoms with Crippen LogP contribution < -0.4 is 5.32 Å². The number of anilines is 1. The number of hydrogen-bond acceptors (Lipinski definition) is 4. The number of nitrogens with one attached hydrogen (secondary N) is 1. The number of hydrogen-bond donors (Lipinski definition) is 2. The standard InChI is InChI=1S/C10H11NO4/c1-15-10(14)7-3-2-4-8(5-7)11-9(13)6-12/h2-5,12H,6H2,1H3,(H,11,13). The van der Waals surface area contributed by atoms with Crippen molar-refractivity contribution in [1.82, 2.24) is 0 Å². The highest BCUT2D eigenvalue weighted by Crippen LogP contribution is 2.11. The van der Waals surface area contributed by atoms with Crippen LogP contribution in [0.5, 0.6) is 0 Å². The van der Waals surface area contributed by atoms with Gasteiger partial charge in [0.15, 0.2) is 0 Å². The molecule has 1 amide bonds. The van der Waals surface area contributed by atoms with Gasteiger partial charge in [0, 0.05) is 5.69 Å². The molecule has 0 radical (unpaired) electrons. The molecule has 0 saturated heterocycles. The number of carbonyl (C=O) groups excluding carboxylic acids is 2. The topological polar surface area (TPSA) is 75.6 Å². The van der Waals surface area contributed by atoms with Crippen LogP contribution in [0, 0.1) is 0 Å². The van der Waals surface area contributed by atoms with E-state index in [9.17, 15) is 9.59 Å². The fourth-order valence-electron chi connectivity index (χ4n) is 1.04. The van der Waals surface area contributed by atoms with Crippen LogP contribution in [0.3, 0.4) is 0 Å². The Morgan fingerprint density at radius 3 is 2.80 bits per heavy atom. The molecule has 5 nitrogen and oxygen atoms in total. The van der Waals surface area contributed by atoms with E-state index in [0.717, 1.165) is 0 Å². The molecular formula is C10H11NO4. The Bertz CT molecular complexity index is 375. The van der Waals surface area contributed by atoms with Crippen LogP contribution in [-0.4, -0.2) is 30.7 Å². The number of ether oxygens (including phenoxy) is 1. The summed E-state index contributed by atoms with van der Waals surface area (Å²) in [5.41, 5.74) is 0.783. The lowest BCUT2D eigenvalue weighted by Gasteiger charge is -2.04. The SMILES string of the molecule is COC(=O)c1cccc(NC(=O)CO)c1. The van der Waals surface area contributed by atoms with Gasteiger partial charge in [0.2, 0.25) is 5.91 Å². The quantitative estimate of drug-likeness (QED) is 0.707. The number of esters is 1. The summed E-state index contributed by atoms with van der Waals surface area (Å²) in [4.78, 5) is 22.0. The Morgan fingerprint density at radius 2 is 2.20 bits per heavy atom. The van der Waals surface area contributed by atoms with Crippen molar-refractivity contribution < 1.29 is 19.4 Å². The van der Waals surface area contributed by atoms with Crippen molar-refractivity contribution in [2.75, 3.05) is 19.0 Å². The molecule has 0 bridgehead atoms. The van der Waals surface area contributed by atoms with E-state index < -0.39 is 18.5 Å². The van der Waals surface area contributed by atoms with Gasteiger partial charge in [0.1, 0.15) is 6.61 Å². The summed E-state index contributed by atoms with van der Waals surface area (Å²) in [6, 6.07) is 6.26. The maximum absolute atomic E-state index is 11.1. The zero-order chi connectivity index (χ0) is 11.3. The molecular weight excluding hydrogens is 198 g/mol. The minimum absolute atomic E-state index is 0.341. The average Bonchev–Trinajstić information content (AvgIpc) is 2.28. The molecule has 0 unspecified atom stereocenters. The highest BCUT2D eigenvalue weighted by atomic mass is 16.5. The fourth-order valence-corrected chi connectivity index (χ4v) is 1.04.